The lowest BCUT2D eigenvalue weighted by molar-refractivity contribution is -0.115. The van der Waals surface area contributed by atoms with Crippen LogP contribution in [0, 0.1) is 6.92 Å². The third-order valence-electron chi connectivity index (χ3n) is 2.88. The summed E-state index contributed by atoms with van der Waals surface area (Å²) in [5, 5.41) is 2.75. The van der Waals surface area contributed by atoms with Gasteiger partial charge in [-0.1, -0.05) is 29.5 Å². The third kappa shape index (κ3) is 4.36. The Morgan fingerprint density at radius 2 is 2.05 bits per heavy atom. The minimum Gasteiger partial charge on any atom is -0.481 e. The Balaban J connectivity index is 2.03. The molecule has 1 heterocycles. The van der Waals surface area contributed by atoms with Gasteiger partial charge in [0.1, 0.15) is 0 Å². The predicted octanol–water partition coefficient (Wildman–Crippen LogP) is 2.21. The molecule has 6 nitrogen and oxygen atoms in total. The standard InChI is InChI=1S/C15H17N3O3S/c1-9-4-6-11(7-5-9)16-14(20)10(2)22-15-17-12(19)8-13(18-15)21-3/h4-8,10H,1-3H3,(H,16,20)(H,17,18,19)/t10-/m1/s1. The maximum Gasteiger partial charge on any atom is 0.255 e. The molecule has 0 aliphatic carbocycles. The molecule has 2 aromatic rings. The molecule has 0 bridgehead atoms. The molecule has 0 unspecified atom stereocenters. The highest BCUT2D eigenvalue weighted by molar-refractivity contribution is 8.00. The van der Waals surface area contributed by atoms with Crippen LogP contribution in [0.5, 0.6) is 5.88 Å². The van der Waals surface area contributed by atoms with Crippen LogP contribution in [0.2, 0.25) is 0 Å². The van der Waals surface area contributed by atoms with Gasteiger partial charge in [0, 0.05) is 5.69 Å². The molecule has 2 N–H and O–H groups in total. The van der Waals surface area contributed by atoms with Crippen molar-refractivity contribution in [3.8, 4) is 5.88 Å². The van der Waals surface area contributed by atoms with Gasteiger partial charge in [0.2, 0.25) is 11.8 Å². The van der Waals surface area contributed by atoms with Crippen molar-refractivity contribution in [3.63, 3.8) is 0 Å². The summed E-state index contributed by atoms with van der Waals surface area (Å²) < 4.78 is 4.94. The summed E-state index contributed by atoms with van der Waals surface area (Å²) in [6, 6.07) is 8.79. The molecule has 0 aliphatic heterocycles. The van der Waals surface area contributed by atoms with Crippen LogP contribution >= 0.6 is 11.8 Å². The van der Waals surface area contributed by atoms with Gasteiger partial charge in [-0.25, -0.2) is 0 Å². The van der Waals surface area contributed by atoms with Gasteiger partial charge in [0.15, 0.2) is 5.16 Å². The molecule has 2 rings (SSSR count). The summed E-state index contributed by atoms with van der Waals surface area (Å²) >= 11 is 1.16. The Hall–Kier alpha value is -2.28. The van der Waals surface area contributed by atoms with Crippen LogP contribution in [-0.4, -0.2) is 28.2 Å². The highest BCUT2D eigenvalue weighted by Crippen LogP contribution is 2.21. The molecule has 116 valence electrons. The second kappa shape index (κ2) is 7.13. The second-order valence-electron chi connectivity index (χ2n) is 4.71. The predicted molar refractivity (Wildman–Crippen MR) is 86.5 cm³/mol. The number of anilines is 1. The molecule has 1 aromatic heterocycles. The summed E-state index contributed by atoms with van der Waals surface area (Å²) in [5.74, 6) is 0.0525. The van der Waals surface area contributed by atoms with Gasteiger partial charge >= 0.3 is 0 Å². The van der Waals surface area contributed by atoms with Crippen molar-refractivity contribution in [3.05, 3.63) is 46.2 Å². The van der Waals surface area contributed by atoms with Gasteiger partial charge < -0.3 is 15.0 Å². The van der Waals surface area contributed by atoms with Crippen LogP contribution in [0.15, 0.2) is 40.3 Å². The van der Waals surface area contributed by atoms with E-state index in [2.05, 4.69) is 15.3 Å². The van der Waals surface area contributed by atoms with E-state index in [4.69, 9.17) is 4.74 Å². The van der Waals surface area contributed by atoms with Crippen molar-refractivity contribution in [2.24, 2.45) is 0 Å². The summed E-state index contributed by atoms with van der Waals surface area (Å²) in [4.78, 5) is 30.3. The van der Waals surface area contributed by atoms with E-state index in [0.29, 0.717) is 5.16 Å². The molecule has 0 saturated heterocycles. The van der Waals surface area contributed by atoms with E-state index in [1.54, 1.807) is 6.92 Å². The molecular formula is C15H17N3O3S. The highest BCUT2D eigenvalue weighted by atomic mass is 32.2. The van der Waals surface area contributed by atoms with E-state index in [-0.39, 0.29) is 17.3 Å². The molecule has 22 heavy (non-hydrogen) atoms. The van der Waals surface area contributed by atoms with E-state index in [1.165, 1.54) is 13.2 Å². The van der Waals surface area contributed by atoms with E-state index in [9.17, 15) is 9.59 Å². The van der Waals surface area contributed by atoms with Gasteiger partial charge in [-0.15, -0.1) is 0 Å². The average molecular weight is 319 g/mol. The van der Waals surface area contributed by atoms with Gasteiger partial charge in [0.05, 0.1) is 18.4 Å². The number of rotatable bonds is 5. The normalized spacial score (nSPS) is 11.8. The number of ether oxygens (including phenoxy) is 1. The number of nitrogens with zero attached hydrogens (tertiary/aromatic N) is 1. The molecule has 0 fully saturated rings. The Labute approximate surface area is 132 Å². The smallest absolute Gasteiger partial charge is 0.255 e. The van der Waals surface area contributed by atoms with Crippen LogP contribution in [0.1, 0.15) is 12.5 Å². The molecule has 1 atom stereocenters. The molecule has 0 spiro atoms. The number of aromatic nitrogens is 2. The van der Waals surface area contributed by atoms with E-state index in [1.807, 2.05) is 31.2 Å². The minimum absolute atomic E-state index is 0.167. The molecule has 1 amide bonds. The van der Waals surface area contributed by atoms with Crippen LogP contribution < -0.4 is 15.6 Å². The summed E-state index contributed by atoms with van der Waals surface area (Å²) in [5.41, 5.74) is 1.54. The van der Waals surface area contributed by atoms with Gasteiger partial charge in [-0.2, -0.15) is 4.98 Å². The number of benzene rings is 1. The van der Waals surface area contributed by atoms with Crippen LogP contribution in [0.25, 0.3) is 0 Å². The van der Waals surface area contributed by atoms with E-state index >= 15 is 0 Å². The van der Waals surface area contributed by atoms with Gasteiger partial charge in [-0.05, 0) is 26.0 Å². The second-order valence-corrected chi connectivity index (χ2v) is 6.04. The van der Waals surface area contributed by atoms with Crippen LogP contribution in [0.3, 0.4) is 0 Å². The Morgan fingerprint density at radius 3 is 2.68 bits per heavy atom. The number of H-pyrrole nitrogens is 1. The first-order valence-corrected chi connectivity index (χ1v) is 7.55. The van der Waals surface area contributed by atoms with Crippen molar-refractivity contribution in [1.29, 1.82) is 0 Å². The van der Waals surface area contributed by atoms with Crippen molar-refractivity contribution < 1.29 is 9.53 Å². The topological polar surface area (TPSA) is 84.1 Å². The zero-order valence-electron chi connectivity index (χ0n) is 12.5. The van der Waals surface area contributed by atoms with Crippen molar-refractivity contribution in [2.45, 2.75) is 24.3 Å². The van der Waals surface area contributed by atoms with Crippen molar-refractivity contribution >= 4 is 23.4 Å². The number of hydrogen-bond donors (Lipinski definition) is 2. The number of thioether (sulfide) groups is 1. The average Bonchev–Trinajstić information content (AvgIpc) is 2.48. The number of aromatic amines is 1. The van der Waals surface area contributed by atoms with E-state index < -0.39 is 5.25 Å². The molecule has 1 aromatic carbocycles. The Morgan fingerprint density at radius 1 is 1.36 bits per heavy atom. The minimum atomic E-state index is -0.420. The number of hydrogen-bond acceptors (Lipinski definition) is 5. The largest absolute Gasteiger partial charge is 0.481 e. The summed E-state index contributed by atoms with van der Waals surface area (Å²) in [6.45, 7) is 3.72. The fourth-order valence-corrected chi connectivity index (χ4v) is 2.48. The van der Waals surface area contributed by atoms with Gasteiger partial charge in [-0.3, -0.25) is 9.59 Å². The lowest BCUT2D eigenvalue weighted by atomic mass is 10.2. The first kappa shape index (κ1) is 16.1. The maximum absolute atomic E-state index is 12.2. The van der Waals surface area contributed by atoms with E-state index in [0.717, 1.165) is 23.0 Å². The van der Waals surface area contributed by atoms with Crippen molar-refractivity contribution in [1.82, 2.24) is 9.97 Å². The fraction of sp³-hybridized carbons (Fsp3) is 0.267. The Kier molecular flexibility index (Phi) is 5.21. The number of aryl methyl sites for hydroxylation is 1. The first-order valence-electron chi connectivity index (χ1n) is 6.67. The maximum atomic E-state index is 12.2. The first-order chi connectivity index (χ1) is 10.5. The van der Waals surface area contributed by atoms with Gasteiger partial charge in [0.25, 0.3) is 5.56 Å². The zero-order chi connectivity index (χ0) is 16.1. The van der Waals surface area contributed by atoms with Crippen molar-refractivity contribution in [2.75, 3.05) is 12.4 Å². The lowest BCUT2D eigenvalue weighted by Crippen LogP contribution is -2.23. The number of methoxy groups -OCH3 is 1. The Bertz CT molecular complexity index is 713. The third-order valence-corrected chi connectivity index (χ3v) is 3.87. The zero-order valence-corrected chi connectivity index (χ0v) is 13.4. The van der Waals surface area contributed by atoms with Crippen LogP contribution in [0.4, 0.5) is 5.69 Å². The molecule has 0 aliphatic rings. The highest BCUT2D eigenvalue weighted by Gasteiger charge is 2.16. The quantitative estimate of drug-likeness (QED) is 0.652. The monoisotopic (exact) mass is 319 g/mol. The number of nitrogens with one attached hydrogen (secondary N) is 2. The number of amides is 1. The molecule has 0 saturated carbocycles. The number of carbonyl (C=O) groups excluding carboxylic acids is 1. The SMILES string of the molecule is COc1cc(=O)[nH]c(S[C@H](C)C(=O)Nc2ccc(C)cc2)n1. The molecule has 7 heteroatoms. The lowest BCUT2D eigenvalue weighted by Gasteiger charge is -2.11. The molecule has 0 radical (unpaired) electrons. The van der Waals surface area contributed by atoms with Crippen LogP contribution in [-0.2, 0) is 4.79 Å². The number of carbonyl (C=O) groups is 1. The summed E-state index contributed by atoms with van der Waals surface area (Å²) in [6.07, 6.45) is 0. The summed E-state index contributed by atoms with van der Waals surface area (Å²) in [7, 11) is 1.43. The fourth-order valence-electron chi connectivity index (χ4n) is 1.68. The molecular weight excluding hydrogens is 302 g/mol.